The van der Waals surface area contributed by atoms with Gasteiger partial charge in [-0.1, -0.05) is 6.92 Å². The standard InChI is InChI=1S/C14H23N5O2/c1-2-3-14(20)16-13-5-4-12(17-18-13)15-6-7-19-8-10-21-11-9-19/h4-5H,2-3,6-11H2,1H3,(H,15,17)(H,16,18,20). The van der Waals surface area contributed by atoms with E-state index in [9.17, 15) is 4.79 Å². The van der Waals surface area contributed by atoms with E-state index in [4.69, 9.17) is 4.74 Å². The summed E-state index contributed by atoms with van der Waals surface area (Å²) in [4.78, 5) is 13.8. The number of carbonyl (C=O) groups excluding carboxylic acids is 1. The highest BCUT2D eigenvalue weighted by molar-refractivity contribution is 5.89. The second-order valence-electron chi connectivity index (χ2n) is 4.98. The van der Waals surface area contributed by atoms with Crippen LogP contribution in [-0.2, 0) is 9.53 Å². The fourth-order valence-corrected chi connectivity index (χ4v) is 2.09. The van der Waals surface area contributed by atoms with Crippen molar-refractivity contribution in [3.63, 3.8) is 0 Å². The molecule has 2 rings (SSSR count). The molecule has 0 atom stereocenters. The maximum Gasteiger partial charge on any atom is 0.225 e. The molecule has 7 nitrogen and oxygen atoms in total. The first-order valence-corrected chi connectivity index (χ1v) is 7.45. The minimum atomic E-state index is -0.0279. The summed E-state index contributed by atoms with van der Waals surface area (Å²) in [6, 6.07) is 3.59. The number of amides is 1. The van der Waals surface area contributed by atoms with Crippen LogP contribution < -0.4 is 10.6 Å². The van der Waals surface area contributed by atoms with Gasteiger partial charge in [-0.2, -0.15) is 0 Å². The van der Waals surface area contributed by atoms with Gasteiger partial charge in [-0.05, 0) is 18.6 Å². The number of nitrogens with zero attached hydrogens (tertiary/aromatic N) is 3. The quantitative estimate of drug-likeness (QED) is 0.779. The Balaban J connectivity index is 1.70. The minimum Gasteiger partial charge on any atom is -0.379 e. The lowest BCUT2D eigenvalue weighted by Crippen LogP contribution is -2.39. The van der Waals surface area contributed by atoms with Crippen LogP contribution in [0.3, 0.4) is 0 Å². The van der Waals surface area contributed by atoms with Crippen molar-refractivity contribution < 1.29 is 9.53 Å². The Labute approximate surface area is 125 Å². The predicted octanol–water partition coefficient (Wildman–Crippen LogP) is 0.959. The number of hydrogen-bond acceptors (Lipinski definition) is 6. The number of anilines is 2. The van der Waals surface area contributed by atoms with E-state index in [-0.39, 0.29) is 5.91 Å². The van der Waals surface area contributed by atoms with Gasteiger partial charge in [-0.25, -0.2) is 0 Å². The average molecular weight is 293 g/mol. The van der Waals surface area contributed by atoms with Gasteiger partial charge in [0, 0.05) is 32.6 Å². The molecule has 2 heterocycles. The largest absolute Gasteiger partial charge is 0.379 e. The van der Waals surface area contributed by atoms with Crippen molar-refractivity contribution in [3.8, 4) is 0 Å². The fraction of sp³-hybridized carbons (Fsp3) is 0.643. The number of ether oxygens (including phenoxy) is 1. The summed E-state index contributed by atoms with van der Waals surface area (Å²) < 4.78 is 5.31. The molecule has 1 aromatic heterocycles. The lowest BCUT2D eigenvalue weighted by molar-refractivity contribution is -0.116. The first-order valence-electron chi connectivity index (χ1n) is 7.45. The van der Waals surface area contributed by atoms with E-state index in [0.29, 0.717) is 12.2 Å². The molecule has 1 amide bonds. The van der Waals surface area contributed by atoms with Crippen molar-refractivity contribution in [1.29, 1.82) is 0 Å². The Bertz CT molecular complexity index is 431. The van der Waals surface area contributed by atoms with E-state index in [1.165, 1.54) is 0 Å². The van der Waals surface area contributed by atoms with Crippen molar-refractivity contribution in [2.45, 2.75) is 19.8 Å². The van der Waals surface area contributed by atoms with Crippen LogP contribution in [-0.4, -0.2) is 60.4 Å². The molecule has 1 aromatic rings. The average Bonchev–Trinajstić information content (AvgIpc) is 2.50. The topological polar surface area (TPSA) is 79.4 Å². The summed E-state index contributed by atoms with van der Waals surface area (Å²) in [5, 5.41) is 14.0. The van der Waals surface area contributed by atoms with Gasteiger partial charge in [0.2, 0.25) is 5.91 Å². The number of hydrogen-bond donors (Lipinski definition) is 2. The number of morpholine rings is 1. The molecule has 0 saturated carbocycles. The number of aromatic nitrogens is 2. The molecule has 21 heavy (non-hydrogen) atoms. The summed E-state index contributed by atoms with van der Waals surface area (Å²) in [7, 11) is 0. The Morgan fingerprint density at radius 2 is 2.00 bits per heavy atom. The van der Waals surface area contributed by atoms with Crippen LogP contribution >= 0.6 is 0 Å². The molecular formula is C14H23N5O2. The molecule has 0 aromatic carbocycles. The Hall–Kier alpha value is -1.73. The van der Waals surface area contributed by atoms with Crippen LogP contribution in [0.15, 0.2) is 12.1 Å². The third kappa shape index (κ3) is 5.65. The van der Waals surface area contributed by atoms with E-state index in [0.717, 1.165) is 51.6 Å². The third-order valence-electron chi connectivity index (χ3n) is 3.25. The summed E-state index contributed by atoms with van der Waals surface area (Å²) in [5.74, 6) is 1.18. The van der Waals surface area contributed by atoms with Crippen molar-refractivity contribution in [3.05, 3.63) is 12.1 Å². The molecule has 0 spiro atoms. The van der Waals surface area contributed by atoms with Crippen LogP contribution in [0, 0.1) is 0 Å². The van der Waals surface area contributed by atoms with Crippen LogP contribution in [0.4, 0.5) is 11.6 Å². The molecule has 2 N–H and O–H groups in total. The smallest absolute Gasteiger partial charge is 0.225 e. The van der Waals surface area contributed by atoms with Gasteiger partial charge >= 0.3 is 0 Å². The van der Waals surface area contributed by atoms with E-state index >= 15 is 0 Å². The highest BCUT2D eigenvalue weighted by Crippen LogP contribution is 2.06. The van der Waals surface area contributed by atoms with E-state index in [1.54, 1.807) is 6.07 Å². The monoisotopic (exact) mass is 293 g/mol. The maximum atomic E-state index is 11.4. The number of carbonyl (C=O) groups is 1. The molecule has 0 aliphatic carbocycles. The lowest BCUT2D eigenvalue weighted by atomic mass is 10.3. The van der Waals surface area contributed by atoms with Crippen LogP contribution in [0.1, 0.15) is 19.8 Å². The highest BCUT2D eigenvalue weighted by atomic mass is 16.5. The van der Waals surface area contributed by atoms with Crippen molar-refractivity contribution in [1.82, 2.24) is 15.1 Å². The van der Waals surface area contributed by atoms with Crippen LogP contribution in [0.5, 0.6) is 0 Å². The molecule has 116 valence electrons. The molecule has 1 aliphatic heterocycles. The number of rotatable bonds is 7. The first kappa shape index (κ1) is 15.7. The van der Waals surface area contributed by atoms with Crippen molar-refractivity contribution in [2.24, 2.45) is 0 Å². The summed E-state index contributed by atoms with van der Waals surface area (Å²) in [5.41, 5.74) is 0. The van der Waals surface area contributed by atoms with Gasteiger partial charge in [-0.15, -0.1) is 10.2 Å². The first-order chi connectivity index (χ1) is 10.3. The molecule has 0 radical (unpaired) electrons. The Morgan fingerprint density at radius 3 is 2.67 bits per heavy atom. The molecule has 1 fully saturated rings. The van der Waals surface area contributed by atoms with Crippen LogP contribution in [0.25, 0.3) is 0 Å². The molecule has 0 bridgehead atoms. The van der Waals surface area contributed by atoms with Gasteiger partial charge in [0.1, 0.15) is 5.82 Å². The summed E-state index contributed by atoms with van der Waals surface area (Å²) >= 11 is 0. The van der Waals surface area contributed by atoms with Gasteiger partial charge in [0.15, 0.2) is 5.82 Å². The Morgan fingerprint density at radius 1 is 1.29 bits per heavy atom. The van der Waals surface area contributed by atoms with Gasteiger partial charge < -0.3 is 15.4 Å². The van der Waals surface area contributed by atoms with Gasteiger partial charge in [0.05, 0.1) is 13.2 Å². The van der Waals surface area contributed by atoms with Gasteiger partial charge in [-0.3, -0.25) is 9.69 Å². The second kappa shape index (κ2) is 8.53. The second-order valence-corrected chi connectivity index (χ2v) is 4.98. The SMILES string of the molecule is CCCC(=O)Nc1ccc(NCCN2CCOCC2)nn1. The normalized spacial score (nSPS) is 15.7. The Kier molecular flexibility index (Phi) is 6.36. The van der Waals surface area contributed by atoms with Gasteiger partial charge in [0.25, 0.3) is 0 Å². The maximum absolute atomic E-state index is 11.4. The predicted molar refractivity (Wildman–Crippen MR) is 81.3 cm³/mol. The molecule has 1 aliphatic rings. The highest BCUT2D eigenvalue weighted by Gasteiger charge is 2.09. The van der Waals surface area contributed by atoms with E-state index in [2.05, 4.69) is 25.7 Å². The minimum absolute atomic E-state index is 0.0279. The molecular weight excluding hydrogens is 270 g/mol. The van der Waals surface area contributed by atoms with Crippen LogP contribution in [0.2, 0.25) is 0 Å². The molecule has 0 unspecified atom stereocenters. The summed E-state index contributed by atoms with van der Waals surface area (Å²) in [6.45, 7) is 7.33. The van der Waals surface area contributed by atoms with E-state index in [1.807, 2.05) is 13.0 Å². The zero-order valence-corrected chi connectivity index (χ0v) is 12.5. The van der Waals surface area contributed by atoms with Crippen molar-refractivity contribution in [2.75, 3.05) is 50.0 Å². The third-order valence-corrected chi connectivity index (χ3v) is 3.25. The molecule has 1 saturated heterocycles. The van der Waals surface area contributed by atoms with E-state index < -0.39 is 0 Å². The summed E-state index contributed by atoms with van der Waals surface area (Å²) in [6.07, 6.45) is 1.32. The zero-order chi connectivity index (χ0) is 14.9. The molecule has 7 heteroatoms. The lowest BCUT2D eigenvalue weighted by Gasteiger charge is -2.26. The fourth-order valence-electron chi connectivity index (χ4n) is 2.09. The van der Waals surface area contributed by atoms with Crippen molar-refractivity contribution >= 4 is 17.5 Å². The zero-order valence-electron chi connectivity index (χ0n) is 12.5. The number of nitrogens with one attached hydrogen (secondary N) is 2.